The number of benzene rings is 2. The molecule has 0 unspecified atom stereocenters. The van der Waals surface area contributed by atoms with Crippen LogP contribution in [0.25, 0.3) is 0 Å². The molecule has 0 radical (unpaired) electrons. The van der Waals surface area contributed by atoms with Crippen LogP contribution < -0.4 is 11.1 Å². The van der Waals surface area contributed by atoms with Crippen LogP contribution in [0.4, 0.5) is 11.4 Å². The number of hydrogen-bond donors (Lipinski definition) is 2. The summed E-state index contributed by atoms with van der Waals surface area (Å²) in [6, 6.07) is 14.4. The van der Waals surface area contributed by atoms with E-state index in [9.17, 15) is 9.59 Å². The first-order chi connectivity index (χ1) is 12.6. The molecule has 0 aromatic heterocycles. The van der Waals surface area contributed by atoms with Gasteiger partial charge in [-0.25, -0.2) is 0 Å². The molecule has 3 N–H and O–H groups in total. The van der Waals surface area contributed by atoms with Crippen LogP contribution in [0.5, 0.6) is 0 Å². The molecule has 5 heteroatoms. The van der Waals surface area contributed by atoms with E-state index in [1.807, 2.05) is 17.0 Å². The summed E-state index contributed by atoms with van der Waals surface area (Å²) in [6.45, 7) is 1.66. The van der Waals surface area contributed by atoms with Crippen LogP contribution in [0, 0.1) is 0 Å². The van der Waals surface area contributed by atoms with E-state index < -0.39 is 0 Å². The predicted octanol–water partition coefficient (Wildman–Crippen LogP) is 3.47. The van der Waals surface area contributed by atoms with Crippen LogP contribution >= 0.6 is 0 Å². The molecule has 0 aliphatic carbocycles. The first-order valence-electron chi connectivity index (χ1n) is 9.15. The fourth-order valence-electron chi connectivity index (χ4n) is 3.18. The van der Waals surface area contributed by atoms with E-state index in [4.69, 9.17) is 5.73 Å². The van der Waals surface area contributed by atoms with Gasteiger partial charge in [-0.2, -0.15) is 0 Å². The number of nitrogens with one attached hydrogen (secondary N) is 1. The minimum absolute atomic E-state index is 0.0756. The topological polar surface area (TPSA) is 75.4 Å². The molecular weight excluding hydrogens is 326 g/mol. The number of hydrogen-bond acceptors (Lipinski definition) is 3. The molecule has 1 heterocycles. The van der Waals surface area contributed by atoms with Crippen LogP contribution in [0.15, 0.2) is 48.5 Å². The Kier molecular flexibility index (Phi) is 5.89. The highest BCUT2D eigenvalue weighted by atomic mass is 16.2. The minimum atomic E-state index is -0.0960. The zero-order valence-corrected chi connectivity index (χ0v) is 14.9. The number of nitrogens with zero attached hydrogens (tertiary/aromatic N) is 1. The number of carbonyl (C=O) groups excluding carboxylic acids is 2. The second-order valence-electron chi connectivity index (χ2n) is 6.75. The molecule has 1 fully saturated rings. The standard InChI is InChI=1S/C21H25N3O2/c22-18-9-5-16(6-10-18)15-20(25)23-19-11-7-17(8-12-19)21(26)24-13-3-1-2-4-14-24/h5-12H,1-4,13-15,22H2,(H,23,25). The zero-order valence-electron chi connectivity index (χ0n) is 14.9. The number of rotatable bonds is 4. The quantitative estimate of drug-likeness (QED) is 0.828. The Balaban J connectivity index is 1.57. The predicted molar refractivity (Wildman–Crippen MR) is 104 cm³/mol. The summed E-state index contributed by atoms with van der Waals surface area (Å²) in [6.07, 6.45) is 4.83. The van der Waals surface area contributed by atoms with Crippen LogP contribution in [0.1, 0.15) is 41.6 Å². The SMILES string of the molecule is Nc1ccc(CC(=O)Nc2ccc(C(=O)N3CCCCCC3)cc2)cc1. The van der Waals surface area contributed by atoms with Crippen LogP contribution in [-0.2, 0) is 11.2 Å². The summed E-state index contributed by atoms with van der Waals surface area (Å²) in [4.78, 5) is 26.7. The molecule has 0 saturated carbocycles. The third kappa shape index (κ3) is 4.85. The van der Waals surface area contributed by atoms with Crippen molar-refractivity contribution >= 4 is 23.2 Å². The number of nitrogens with two attached hydrogens (primary N) is 1. The number of anilines is 2. The lowest BCUT2D eigenvalue weighted by Gasteiger charge is -2.20. The summed E-state index contributed by atoms with van der Waals surface area (Å²) >= 11 is 0. The number of nitrogen functional groups attached to an aromatic ring is 1. The van der Waals surface area contributed by atoms with Crippen molar-refractivity contribution in [3.8, 4) is 0 Å². The number of likely N-dealkylation sites (tertiary alicyclic amines) is 1. The molecule has 0 spiro atoms. The molecule has 26 heavy (non-hydrogen) atoms. The van der Waals surface area contributed by atoms with Crippen molar-refractivity contribution in [1.29, 1.82) is 0 Å². The summed E-state index contributed by atoms with van der Waals surface area (Å²) < 4.78 is 0. The van der Waals surface area contributed by atoms with Gasteiger partial charge in [0.05, 0.1) is 6.42 Å². The summed E-state index contributed by atoms with van der Waals surface area (Å²) in [5.41, 5.74) is 8.60. The Labute approximate surface area is 154 Å². The monoisotopic (exact) mass is 351 g/mol. The van der Waals surface area contributed by atoms with E-state index in [1.54, 1.807) is 36.4 Å². The molecule has 1 aliphatic heterocycles. The van der Waals surface area contributed by atoms with E-state index >= 15 is 0 Å². The summed E-state index contributed by atoms with van der Waals surface area (Å²) in [5, 5.41) is 2.87. The van der Waals surface area contributed by atoms with Gasteiger partial charge in [0.1, 0.15) is 0 Å². The van der Waals surface area contributed by atoms with Crippen molar-refractivity contribution in [2.75, 3.05) is 24.1 Å². The lowest BCUT2D eigenvalue weighted by Crippen LogP contribution is -2.31. The normalized spacial score (nSPS) is 14.5. The molecule has 0 atom stereocenters. The smallest absolute Gasteiger partial charge is 0.253 e. The van der Waals surface area contributed by atoms with Crippen molar-refractivity contribution in [2.24, 2.45) is 0 Å². The number of amides is 2. The Hall–Kier alpha value is -2.82. The fraction of sp³-hybridized carbons (Fsp3) is 0.333. The first-order valence-corrected chi connectivity index (χ1v) is 9.15. The maximum atomic E-state index is 12.6. The van der Waals surface area contributed by atoms with Gasteiger partial charge in [-0.05, 0) is 54.8 Å². The second kappa shape index (κ2) is 8.52. The average molecular weight is 351 g/mol. The van der Waals surface area contributed by atoms with E-state index in [0.717, 1.165) is 31.5 Å². The van der Waals surface area contributed by atoms with E-state index in [1.165, 1.54) is 12.8 Å². The largest absolute Gasteiger partial charge is 0.399 e. The molecule has 2 aromatic carbocycles. The van der Waals surface area contributed by atoms with Crippen molar-refractivity contribution < 1.29 is 9.59 Å². The maximum Gasteiger partial charge on any atom is 0.253 e. The molecule has 136 valence electrons. The lowest BCUT2D eigenvalue weighted by atomic mass is 10.1. The Morgan fingerprint density at radius 1 is 0.885 bits per heavy atom. The van der Waals surface area contributed by atoms with Gasteiger partial charge in [0.15, 0.2) is 0 Å². The molecule has 5 nitrogen and oxygen atoms in total. The highest BCUT2D eigenvalue weighted by Gasteiger charge is 2.17. The van der Waals surface area contributed by atoms with Crippen molar-refractivity contribution in [1.82, 2.24) is 4.90 Å². The van der Waals surface area contributed by atoms with E-state index in [0.29, 0.717) is 16.9 Å². The van der Waals surface area contributed by atoms with Gasteiger partial charge in [0.25, 0.3) is 5.91 Å². The Morgan fingerprint density at radius 2 is 1.50 bits per heavy atom. The van der Waals surface area contributed by atoms with Gasteiger partial charge in [-0.3, -0.25) is 9.59 Å². The van der Waals surface area contributed by atoms with Gasteiger partial charge in [-0.15, -0.1) is 0 Å². The maximum absolute atomic E-state index is 12.6. The third-order valence-electron chi connectivity index (χ3n) is 4.65. The van der Waals surface area contributed by atoms with Crippen LogP contribution in [0.2, 0.25) is 0 Å². The van der Waals surface area contributed by atoms with E-state index in [-0.39, 0.29) is 18.2 Å². The van der Waals surface area contributed by atoms with Crippen molar-refractivity contribution in [2.45, 2.75) is 32.1 Å². The summed E-state index contributed by atoms with van der Waals surface area (Å²) in [5.74, 6) is -0.0204. The lowest BCUT2D eigenvalue weighted by molar-refractivity contribution is -0.115. The van der Waals surface area contributed by atoms with Gasteiger partial charge in [-0.1, -0.05) is 25.0 Å². The van der Waals surface area contributed by atoms with Crippen LogP contribution in [-0.4, -0.2) is 29.8 Å². The average Bonchev–Trinajstić information content (AvgIpc) is 2.93. The van der Waals surface area contributed by atoms with Crippen molar-refractivity contribution in [3.05, 3.63) is 59.7 Å². The van der Waals surface area contributed by atoms with Crippen LogP contribution in [0.3, 0.4) is 0 Å². The molecule has 3 rings (SSSR count). The molecule has 0 bridgehead atoms. The Morgan fingerprint density at radius 3 is 2.12 bits per heavy atom. The summed E-state index contributed by atoms with van der Waals surface area (Å²) in [7, 11) is 0. The molecule has 1 saturated heterocycles. The second-order valence-corrected chi connectivity index (χ2v) is 6.75. The minimum Gasteiger partial charge on any atom is -0.399 e. The zero-order chi connectivity index (χ0) is 18.4. The van der Waals surface area contributed by atoms with Crippen molar-refractivity contribution in [3.63, 3.8) is 0 Å². The Bertz CT molecular complexity index is 746. The highest BCUT2D eigenvalue weighted by Crippen LogP contribution is 2.16. The van der Waals surface area contributed by atoms with E-state index in [2.05, 4.69) is 5.32 Å². The van der Waals surface area contributed by atoms with Gasteiger partial charge < -0.3 is 16.0 Å². The third-order valence-corrected chi connectivity index (χ3v) is 4.65. The molecule has 2 amide bonds. The van der Waals surface area contributed by atoms with Gasteiger partial charge in [0, 0.05) is 30.0 Å². The highest BCUT2D eigenvalue weighted by molar-refractivity contribution is 5.96. The molecule has 2 aromatic rings. The van der Waals surface area contributed by atoms with Gasteiger partial charge in [0.2, 0.25) is 5.91 Å². The molecule has 1 aliphatic rings. The van der Waals surface area contributed by atoms with Gasteiger partial charge >= 0.3 is 0 Å². The fourth-order valence-corrected chi connectivity index (χ4v) is 3.18. The first kappa shape index (κ1) is 18.0. The number of carbonyl (C=O) groups is 2. The molecular formula is C21H25N3O2.